The van der Waals surface area contributed by atoms with Gasteiger partial charge >= 0.3 is 0 Å². The van der Waals surface area contributed by atoms with E-state index >= 15 is 0 Å². The van der Waals surface area contributed by atoms with Crippen LogP contribution >= 0.6 is 11.6 Å². The van der Waals surface area contributed by atoms with Crippen molar-refractivity contribution in [3.8, 4) is 0 Å². The van der Waals surface area contributed by atoms with E-state index in [1.54, 1.807) is 7.11 Å². The first-order valence-corrected chi connectivity index (χ1v) is 4.96. The highest BCUT2D eigenvalue weighted by Gasteiger charge is 2.08. The first kappa shape index (κ1) is 10.6. The Hall–Kier alpha value is -0.530. The number of ether oxygens (including phenoxy) is 1. The lowest BCUT2D eigenvalue weighted by Gasteiger charge is -2.14. The number of benzene rings is 1. The maximum atomic E-state index is 5.68. The van der Waals surface area contributed by atoms with Crippen molar-refractivity contribution in [3.05, 3.63) is 35.4 Å². The van der Waals surface area contributed by atoms with Crippen LogP contribution in [0.3, 0.4) is 0 Å². The molecular weight excluding hydrogens is 184 g/mol. The molecule has 2 heteroatoms. The molecule has 0 aliphatic heterocycles. The average molecular weight is 199 g/mol. The fourth-order valence-electron chi connectivity index (χ4n) is 1.30. The van der Waals surface area contributed by atoms with Crippen molar-refractivity contribution in [2.45, 2.75) is 19.4 Å². The number of rotatable bonds is 4. The number of halogens is 1. The molecule has 72 valence electrons. The van der Waals surface area contributed by atoms with Crippen LogP contribution in [0.25, 0.3) is 0 Å². The molecule has 0 heterocycles. The van der Waals surface area contributed by atoms with Gasteiger partial charge in [-0.1, -0.05) is 29.8 Å². The molecule has 1 atom stereocenters. The van der Waals surface area contributed by atoms with Gasteiger partial charge in [-0.05, 0) is 18.9 Å². The lowest BCUT2D eigenvalue weighted by atomic mass is 10.1. The molecule has 0 aliphatic carbocycles. The van der Waals surface area contributed by atoms with E-state index in [9.17, 15) is 0 Å². The molecule has 13 heavy (non-hydrogen) atoms. The molecule has 0 N–H and O–H groups in total. The minimum Gasteiger partial charge on any atom is -0.377 e. The van der Waals surface area contributed by atoms with Crippen LogP contribution in [-0.4, -0.2) is 13.0 Å². The van der Waals surface area contributed by atoms with E-state index in [4.69, 9.17) is 16.3 Å². The monoisotopic (exact) mass is 198 g/mol. The Bertz CT molecular complexity index is 243. The van der Waals surface area contributed by atoms with Gasteiger partial charge in [0.1, 0.15) is 0 Å². The van der Waals surface area contributed by atoms with Crippen molar-refractivity contribution in [2.75, 3.05) is 13.0 Å². The summed E-state index contributed by atoms with van der Waals surface area (Å²) in [5, 5.41) is 0. The Kier molecular flexibility index (Phi) is 4.26. The average Bonchev–Trinajstić information content (AvgIpc) is 2.16. The fraction of sp³-hybridized carbons (Fsp3) is 0.455. The third-order valence-corrected chi connectivity index (χ3v) is 2.32. The highest BCUT2D eigenvalue weighted by Crippen LogP contribution is 2.20. The second-order valence-corrected chi connectivity index (χ2v) is 3.49. The van der Waals surface area contributed by atoms with Gasteiger partial charge in [0.15, 0.2) is 0 Å². The number of hydrogen-bond donors (Lipinski definition) is 0. The zero-order valence-electron chi connectivity index (χ0n) is 8.09. The second-order valence-electron chi connectivity index (χ2n) is 3.11. The van der Waals surface area contributed by atoms with Gasteiger partial charge in [-0.2, -0.15) is 0 Å². The van der Waals surface area contributed by atoms with Crippen LogP contribution in [0.2, 0.25) is 0 Å². The normalized spacial score (nSPS) is 12.8. The zero-order chi connectivity index (χ0) is 9.68. The molecule has 1 rings (SSSR count). The largest absolute Gasteiger partial charge is 0.377 e. The molecule has 0 spiro atoms. The third-order valence-electron chi connectivity index (χ3n) is 2.10. The Labute approximate surface area is 84.7 Å². The number of aryl methyl sites for hydroxylation is 1. The van der Waals surface area contributed by atoms with Crippen LogP contribution in [0.15, 0.2) is 24.3 Å². The SMILES string of the molecule is CO[C@@H](CCCl)c1ccc(C)cc1. The molecule has 1 aromatic carbocycles. The Balaban J connectivity index is 2.73. The van der Waals surface area contributed by atoms with Gasteiger partial charge in [-0.25, -0.2) is 0 Å². The van der Waals surface area contributed by atoms with Crippen molar-refractivity contribution in [1.82, 2.24) is 0 Å². The summed E-state index contributed by atoms with van der Waals surface area (Å²) in [5.41, 5.74) is 2.47. The molecule has 0 aliphatic rings. The highest BCUT2D eigenvalue weighted by molar-refractivity contribution is 6.17. The quantitative estimate of drug-likeness (QED) is 0.675. The van der Waals surface area contributed by atoms with Crippen LogP contribution in [0, 0.1) is 6.92 Å². The van der Waals surface area contributed by atoms with Crippen LogP contribution in [0.4, 0.5) is 0 Å². The standard InChI is InChI=1S/C11H15ClO/c1-9-3-5-10(6-4-9)11(13-2)7-8-12/h3-6,11H,7-8H2,1-2H3/t11-/m0/s1. The molecule has 1 aromatic rings. The van der Waals surface area contributed by atoms with Gasteiger partial charge in [0.05, 0.1) is 6.10 Å². The first-order chi connectivity index (χ1) is 6.27. The summed E-state index contributed by atoms with van der Waals surface area (Å²) in [6.07, 6.45) is 0.999. The summed E-state index contributed by atoms with van der Waals surface area (Å²) in [6, 6.07) is 8.37. The first-order valence-electron chi connectivity index (χ1n) is 4.43. The number of alkyl halides is 1. The van der Waals surface area contributed by atoms with Gasteiger partial charge in [-0.15, -0.1) is 11.6 Å². The topological polar surface area (TPSA) is 9.23 Å². The van der Waals surface area contributed by atoms with E-state index in [2.05, 4.69) is 31.2 Å². The molecule has 0 aromatic heterocycles. The number of hydrogen-bond acceptors (Lipinski definition) is 1. The summed E-state index contributed by atoms with van der Waals surface area (Å²) in [4.78, 5) is 0. The van der Waals surface area contributed by atoms with Crippen molar-refractivity contribution < 1.29 is 4.74 Å². The summed E-state index contributed by atoms with van der Waals surface area (Å²) in [5.74, 6) is 0.631. The minimum atomic E-state index is 0.137. The molecule has 0 bridgehead atoms. The smallest absolute Gasteiger partial charge is 0.0832 e. The Morgan fingerprint density at radius 2 is 1.92 bits per heavy atom. The van der Waals surface area contributed by atoms with Gasteiger partial charge in [0, 0.05) is 13.0 Å². The van der Waals surface area contributed by atoms with Crippen molar-refractivity contribution in [3.63, 3.8) is 0 Å². The summed E-state index contributed by atoms with van der Waals surface area (Å²) >= 11 is 5.68. The molecule has 0 radical (unpaired) electrons. The van der Waals surface area contributed by atoms with E-state index in [0.717, 1.165) is 6.42 Å². The van der Waals surface area contributed by atoms with Gasteiger partial charge in [-0.3, -0.25) is 0 Å². The van der Waals surface area contributed by atoms with Gasteiger partial charge in [0.25, 0.3) is 0 Å². The predicted molar refractivity (Wildman–Crippen MR) is 56.3 cm³/mol. The second kappa shape index (κ2) is 5.25. The fourth-order valence-corrected chi connectivity index (χ4v) is 1.50. The Morgan fingerprint density at radius 3 is 2.38 bits per heavy atom. The lowest BCUT2D eigenvalue weighted by Crippen LogP contribution is -2.01. The maximum absolute atomic E-state index is 5.68. The summed E-state index contributed by atoms with van der Waals surface area (Å²) in [7, 11) is 1.72. The van der Waals surface area contributed by atoms with Crippen LogP contribution < -0.4 is 0 Å². The number of methoxy groups -OCH3 is 1. The van der Waals surface area contributed by atoms with Crippen molar-refractivity contribution in [2.24, 2.45) is 0 Å². The molecule has 0 saturated heterocycles. The van der Waals surface area contributed by atoms with E-state index in [1.165, 1.54) is 11.1 Å². The molecule has 0 saturated carbocycles. The van der Waals surface area contributed by atoms with E-state index in [-0.39, 0.29) is 6.10 Å². The van der Waals surface area contributed by atoms with Gasteiger partial charge < -0.3 is 4.74 Å². The highest BCUT2D eigenvalue weighted by atomic mass is 35.5. The van der Waals surface area contributed by atoms with E-state index < -0.39 is 0 Å². The van der Waals surface area contributed by atoms with Crippen molar-refractivity contribution >= 4 is 11.6 Å². The summed E-state index contributed by atoms with van der Waals surface area (Å²) in [6.45, 7) is 2.08. The van der Waals surface area contributed by atoms with Crippen LogP contribution in [-0.2, 0) is 4.74 Å². The van der Waals surface area contributed by atoms with E-state index in [1.807, 2.05) is 0 Å². The van der Waals surface area contributed by atoms with Crippen molar-refractivity contribution in [1.29, 1.82) is 0 Å². The molecule has 0 amide bonds. The summed E-state index contributed by atoms with van der Waals surface area (Å²) < 4.78 is 5.33. The van der Waals surface area contributed by atoms with Gasteiger partial charge in [0.2, 0.25) is 0 Å². The Morgan fingerprint density at radius 1 is 1.31 bits per heavy atom. The minimum absolute atomic E-state index is 0.137. The molecule has 0 unspecified atom stereocenters. The van der Waals surface area contributed by atoms with Crippen LogP contribution in [0.5, 0.6) is 0 Å². The zero-order valence-corrected chi connectivity index (χ0v) is 8.84. The maximum Gasteiger partial charge on any atom is 0.0832 e. The predicted octanol–water partition coefficient (Wildman–Crippen LogP) is 3.31. The molecule has 0 fully saturated rings. The van der Waals surface area contributed by atoms with E-state index in [0.29, 0.717) is 5.88 Å². The van der Waals surface area contributed by atoms with Crippen LogP contribution in [0.1, 0.15) is 23.7 Å². The molecular formula is C11H15ClO. The third kappa shape index (κ3) is 3.02. The molecule has 1 nitrogen and oxygen atoms in total. The lowest BCUT2D eigenvalue weighted by molar-refractivity contribution is 0.101.